The van der Waals surface area contributed by atoms with Gasteiger partial charge in [-0.2, -0.15) is 0 Å². The van der Waals surface area contributed by atoms with Crippen LogP contribution in [0.15, 0.2) is 0 Å². The summed E-state index contributed by atoms with van der Waals surface area (Å²) in [7, 11) is 0. The Kier molecular flexibility index (Phi) is 6.02. The van der Waals surface area contributed by atoms with Crippen molar-refractivity contribution in [3.8, 4) is 0 Å². The fourth-order valence-electron chi connectivity index (χ4n) is 1.07. The highest BCUT2D eigenvalue weighted by Crippen LogP contribution is 2.06. The van der Waals surface area contributed by atoms with Crippen molar-refractivity contribution in [1.29, 1.82) is 0 Å². The van der Waals surface area contributed by atoms with Gasteiger partial charge in [0.15, 0.2) is 0 Å². The fourth-order valence-corrected chi connectivity index (χ4v) is 1.07. The van der Waals surface area contributed by atoms with Gasteiger partial charge in [-0.05, 0) is 19.3 Å². The molecule has 10 heavy (non-hydrogen) atoms. The monoisotopic (exact) mass is 166 g/mol. The van der Waals surface area contributed by atoms with Crippen LogP contribution in [0.25, 0.3) is 0 Å². The largest absolute Gasteiger partial charge is 0.381 e. The lowest BCUT2D eigenvalue weighted by molar-refractivity contribution is 0.142. The third-order valence-corrected chi connectivity index (χ3v) is 1.69. The van der Waals surface area contributed by atoms with Gasteiger partial charge in [0.1, 0.15) is 0 Å². The lowest BCUT2D eigenvalue weighted by Crippen LogP contribution is -2.34. The third-order valence-electron chi connectivity index (χ3n) is 1.69. The van der Waals surface area contributed by atoms with Crippen molar-refractivity contribution in [3.63, 3.8) is 0 Å². The molecule has 1 fully saturated rings. The zero-order valence-electron chi connectivity index (χ0n) is 6.01. The molecule has 1 aliphatic heterocycles. The zero-order chi connectivity index (χ0) is 6.53. The number of nitrogens with one attached hydrogen (secondary N) is 1. The quantitative estimate of drug-likeness (QED) is 0.439. The number of rotatable bonds is 1. The molecule has 1 atom stereocenters. The maximum absolute atomic E-state index is 5.27. The molecule has 4 heteroatoms. The molecule has 0 aromatic carbocycles. The minimum Gasteiger partial charge on any atom is -0.381 e. The second-order valence-electron chi connectivity index (χ2n) is 2.41. The van der Waals surface area contributed by atoms with Gasteiger partial charge < -0.3 is 4.74 Å². The van der Waals surface area contributed by atoms with Crippen LogP contribution in [-0.2, 0) is 4.74 Å². The van der Waals surface area contributed by atoms with Gasteiger partial charge in [0, 0.05) is 19.3 Å². The van der Waals surface area contributed by atoms with Crippen molar-refractivity contribution in [1.82, 2.24) is 5.43 Å². The summed E-state index contributed by atoms with van der Waals surface area (Å²) >= 11 is 0. The summed E-state index contributed by atoms with van der Waals surface area (Å²) in [5, 5.41) is 0. The Labute approximate surface area is 67.7 Å². The van der Waals surface area contributed by atoms with E-state index < -0.39 is 0 Å². The SMILES string of the molecule is Cl.NNC1CCCOCC1. The third kappa shape index (κ3) is 3.37. The van der Waals surface area contributed by atoms with Gasteiger partial charge in [-0.1, -0.05) is 0 Å². The number of halogens is 1. The summed E-state index contributed by atoms with van der Waals surface area (Å²) in [6, 6.07) is 0.479. The van der Waals surface area contributed by atoms with E-state index in [-0.39, 0.29) is 12.4 Å². The predicted molar refractivity (Wildman–Crippen MR) is 43.0 cm³/mol. The van der Waals surface area contributed by atoms with E-state index in [2.05, 4.69) is 5.43 Å². The Morgan fingerprint density at radius 1 is 1.30 bits per heavy atom. The number of hydrazine groups is 1. The molecule has 0 radical (unpaired) electrons. The molecule has 1 saturated heterocycles. The summed E-state index contributed by atoms with van der Waals surface area (Å²) in [5.74, 6) is 5.27. The van der Waals surface area contributed by atoms with Crippen LogP contribution >= 0.6 is 12.4 Å². The summed E-state index contributed by atoms with van der Waals surface area (Å²) in [4.78, 5) is 0. The summed E-state index contributed by atoms with van der Waals surface area (Å²) in [5.41, 5.74) is 2.76. The van der Waals surface area contributed by atoms with Crippen molar-refractivity contribution in [2.75, 3.05) is 13.2 Å². The van der Waals surface area contributed by atoms with Gasteiger partial charge >= 0.3 is 0 Å². The lowest BCUT2D eigenvalue weighted by Gasteiger charge is -2.09. The second kappa shape index (κ2) is 5.92. The highest BCUT2D eigenvalue weighted by molar-refractivity contribution is 5.85. The maximum Gasteiger partial charge on any atom is 0.0481 e. The average molecular weight is 167 g/mol. The van der Waals surface area contributed by atoms with Crippen LogP contribution in [0.4, 0.5) is 0 Å². The van der Waals surface area contributed by atoms with Crippen molar-refractivity contribution in [3.05, 3.63) is 0 Å². The molecule has 1 rings (SSSR count). The molecular formula is C6H15ClN2O. The molecule has 1 unspecified atom stereocenters. The van der Waals surface area contributed by atoms with Crippen molar-refractivity contribution >= 4 is 12.4 Å². The minimum atomic E-state index is 0. The van der Waals surface area contributed by atoms with E-state index in [1.165, 1.54) is 0 Å². The number of hydrogen-bond acceptors (Lipinski definition) is 3. The summed E-state index contributed by atoms with van der Waals surface area (Å²) in [6.07, 6.45) is 3.34. The molecule has 0 aliphatic carbocycles. The van der Waals surface area contributed by atoms with Crippen molar-refractivity contribution in [2.45, 2.75) is 25.3 Å². The van der Waals surface area contributed by atoms with Crippen molar-refractivity contribution in [2.24, 2.45) is 5.84 Å². The first-order chi connectivity index (χ1) is 4.43. The van der Waals surface area contributed by atoms with E-state index >= 15 is 0 Å². The van der Waals surface area contributed by atoms with E-state index in [1.807, 2.05) is 0 Å². The van der Waals surface area contributed by atoms with Gasteiger partial charge in [-0.25, -0.2) is 0 Å². The molecule has 0 aromatic rings. The van der Waals surface area contributed by atoms with Crippen LogP contribution in [0, 0.1) is 0 Å². The predicted octanol–water partition coefficient (Wildman–Crippen LogP) is 0.441. The van der Waals surface area contributed by atoms with Crippen LogP contribution < -0.4 is 11.3 Å². The fraction of sp³-hybridized carbons (Fsp3) is 1.00. The van der Waals surface area contributed by atoms with E-state index in [4.69, 9.17) is 10.6 Å². The van der Waals surface area contributed by atoms with Crippen molar-refractivity contribution < 1.29 is 4.74 Å². The van der Waals surface area contributed by atoms with Gasteiger partial charge in [0.2, 0.25) is 0 Å². The molecule has 62 valence electrons. The van der Waals surface area contributed by atoms with E-state index in [9.17, 15) is 0 Å². The number of ether oxygens (including phenoxy) is 1. The van der Waals surface area contributed by atoms with E-state index in [0.29, 0.717) is 6.04 Å². The first-order valence-electron chi connectivity index (χ1n) is 3.47. The van der Waals surface area contributed by atoms with E-state index in [1.54, 1.807) is 0 Å². The van der Waals surface area contributed by atoms with Gasteiger partial charge in [0.05, 0.1) is 0 Å². The number of nitrogens with two attached hydrogens (primary N) is 1. The van der Waals surface area contributed by atoms with Gasteiger partial charge in [-0.3, -0.25) is 11.3 Å². The molecule has 0 spiro atoms. The van der Waals surface area contributed by atoms with Crippen LogP contribution in [0.5, 0.6) is 0 Å². The van der Waals surface area contributed by atoms with E-state index in [0.717, 1.165) is 32.5 Å². The Bertz CT molecular complexity index is 74.1. The molecule has 1 aliphatic rings. The van der Waals surface area contributed by atoms with Gasteiger partial charge in [0.25, 0.3) is 0 Å². The normalized spacial score (nSPS) is 26.7. The smallest absolute Gasteiger partial charge is 0.0481 e. The molecule has 0 aromatic heterocycles. The lowest BCUT2D eigenvalue weighted by atomic mass is 10.1. The highest BCUT2D eigenvalue weighted by Gasteiger charge is 2.08. The van der Waals surface area contributed by atoms with Crippen LogP contribution in [0.2, 0.25) is 0 Å². The van der Waals surface area contributed by atoms with Crippen LogP contribution in [0.3, 0.4) is 0 Å². The average Bonchev–Trinajstić information content (AvgIpc) is 2.13. The van der Waals surface area contributed by atoms with Crippen LogP contribution in [-0.4, -0.2) is 19.3 Å². The minimum absolute atomic E-state index is 0. The molecule has 0 saturated carbocycles. The van der Waals surface area contributed by atoms with Crippen LogP contribution in [0.1, 0.15) is 19.3 Å². The van der Waals surface area contributed by atoms with Gasteiger partial charge in [-0.15, -0.1) is 12.4 Å². The Hall–Kier alpha value is 0.170. The molecule has 1 heterocycles. The second-order valence-corrected chi connectivity index (χ2v) is 2.41. The molecule has 3 N–H and O–H groups in total. The number of hydrogen-bond donors (Lipinski definition) is 2. The Morgan fingerprint density at radius 3 is 2.80 bits per heavy atom. The molecule has 0 amide bonds. The first-order valence-corrected chi connectivity index (χ1v) is 3.47. The summed E-state index contributed by atoms with van der Waals surface area (Å²) in [6.45, 7) is 1.76. The topological polar surface area (TPSA) is 47.3 Å². The maximum atomic E-state index is 5.27. The first kappa shape index (κ1) is 10.2. The molecule has 0 bridgehead atoms. The summed E-state index contributed by atoms with van der Waals surface area (Å²) < 4.78 is 5.23. The standard InChI is InChI=1S/C6H14N2O.ClH/c7-8-6-2-1-4-9-5-3-6;/h6,8H,1-5,7H2;1H. The molecule has 3 nitrogen and oxygen atoms in total. The zero-order valence-corrected chi connectivity index (χ0v) is 6.82. The highest BCUT2D eigenvalue weighted by atomic mass is 35.5. The Balaban J connectivity index is 0.000000810. The molecular weight excluding hydrogens is 152 g/mol. The Morgan fingerprint density at radius 2 is 2.10 bits per heavy atom.